The van der Waals surface area contributed by atoms with Gasteiger partial charge in [0, 0.05) is 12.5 Å². The van der Waals surface area contributed by atoms with Crippen molar-refractivity contribution in [2.24, 2.45) is 5.92 Å². The molecule has 2 atom stereocenters. The van der Waals surface area contributed by atoms with E-state index in [1.54, 1.807) is 0 Å². The molecule has 0 bridgehead atoms. The molecule has 0 N–H and O–H groups in total. The number of carbonyl (C=O) groups is 2. The molecule has 3 nitrogen and oxygen atoms in total. The lowest BCUT2D eigenvalue weighted by molar-refractivity contribution is -0.131. The lowest BCUT2D eigenvalue weighted by Gasteiger charge is -2.40. The Bertz CT molecular complexity index is 304. The molecule has 4 heteroatoms. The minimum Gasteiger partial charge on any atom is -0.414 e. The van der Waals surface area contributed by atoms with Crippen molar-refractivity contribution in [3.8, 4) is 0 Å². The van der Waals surface area contributed by atoms with E-state index in [4.69, 9.17) is 4.43 Å². The molecule has 0 radical (unpaired) electrons. The van der Waals surface area contributed by atoms with E-state index in [2.05, 4.69) is 33.9 Å². The number of rotatable bonds is 3. The van der Waals surface area contributed by atoms with Gasteiger partial charge in [0.05, 0.1) is 5.92 Å². The van der Waals surface area contributed by atoms with Gasteiger partial charge in [-0.15, -0.1) is 0 Å². The van der Waals surface area contributed by atoms with Gasteiger partial charge in [-0.05, 0) is 31.0 Å². The summed E-state index contributed by atoms with van der Waals surface area (Å²) in [5.74, 6) is -0.353. The molecule has 1 fully saturated rings. The van der Waals surface area contributed by atoms with Crippen molar-refractivity contribution in [1.29, 1.82) is 0 Å². The van der Waals surface area contributed by atoms with Crippen molar-refractivity contribution in [3.63, 3.8) is 0 Å². The molecule has 0 unspecified atom stereocenters. The number of ketones is 1. The summed E-state index contributed by atoms with van der Waals surface area (Å²) in [4.78, 5) is 22.3. The molecule has 98 valence electrons. The largest absolute Gasteiger partial charge is 0.414 e. The van der Waals surface area contributed by atoms with Gasteiger partial charge in [0.2, 0.25) is 0 Å². The number of carbonyl (C=O) groups excluding carboxylic acids is 2. The van der Waals surface area contributed by atoms with Crippen LogP contribution < -0.4 is 0 Å². The van der Waals surface area contributed by atoms with Crippen molar-refractivity contribution in [2.75, 3.05) is 0 Å². The predicted molar refractivity (Wildman–Crippen MR) is 70.5 cm³/mol. The third kappa shape index (κ3) is 3.49. The number of hydrogen-bond acceptors (Lipinski definition) is 3. The van der Waals surface area contributed by atoms with Crippen LogP contribution in [-0.2, 0) is 14.0 Å². The summed E-state index contributed by atoms with van der Waals surface area (Å²) in [6.07, 6.45) is 2.71. The summed E-state index contributed by atoms with van der Waals surface area (Å²) in [7, 11) is -1.78. The van der Waals surface area contributed by atoms with Crippen LogP contribution >= 0.6 is 0 Å². The summed E-state index contributed by atoms with van der Waals surface area (Å²) in [6.45, 7) is 11.0. The summed E-state index contributed by atoms with van der Waals surface area (Å²) in [5.41, 5.74) is 0. The fourth-order valence-corrected chi connectivity index (χ4v) is 3.25. The lowest BCUT2D eigenvalue weighted by Crippen LogP contribution is -2.46. The summed E-state index contributed by atoms with van der Waals surface area (Å²) in [6, 6.07) is 0. The highest BCUT2D eigenvalue weighted by Gasteiger charge is 2.41. The van der Waals surface area contributed by atoms with Gasteiger partial charge in [0.1, 0.15) is 12.1 Å². The van der Waals surface area contributed by atoms with Crippen LogP contribution in [-0.4, -0.2) is 26.5 Å². The van der Waals surface area contributed by atoms with Gasteiger partial charge in [-0.3, -0.25) is 4.79 Å². The molecule has 0 spiro atoms. The molecular weight excluding hydrogens is 232 g/mol. The average molecular weight is 256 g/mol. The molecule has 0 aromatic carbocycles. The zero-order valence-corrected chi connectivity index (χ0v) is 12.6. The van der Waals surface area contributed by atoms with Gasteiger partial charge in [-0.1, -0.05) is 20.8 Å². The quantitative estimate of drug-likeness (QED) is 0.443. The maximum absolute atomic E-state index is 11.5. The summed E-state index contributed by atoms with van der Waals surface area (Å²) in [5, 5.41) is 0.172. The van der Waals surface area contributed by atoms with E-state index in [0.29, 0.717) is 12.8 Å². The van der Waals surface area contributed by atoms with Crippen molar-refractivity contribution in [2.45, 2.75) is 64.3 Å². The molecule has 0 saturated heterocycles. The van der Waals surface area contributed by atoms with Crippen LogP contribution in [0.15, 0.2) is 0 Å². The Morgan fingerprint density at radius 3 is 2.41 bits per heavy atom. The zero-order valence-electron chi connectivity index (χ0n) is 11.6. The van der Waals surface area contributed by atoms with E-state index in [9.17, 15) is 9.59 Å². The fourth-order valence-electron chi connectivity index (χ4n) is 1.85. The first-order valence-corrected chi connectivity index (χ1v) is 9.24. The zero-order chi connectivity index (χ0) is 13.3. The van der Waals surface area contributed by atoms with Gasteiger partial charge >= 0.3 is 0 Å². The third-order valence-corrected chi connectivity index (χ3v) is 8.61. The van der Waals surface area contributed by atoms with Crippen LogP contribution in [0.2, 0.25) is 18.1 Å². The standard InChI is InChI=1S/C13H24O3Si/c1-13(2,3)17(4,5)16-11-6-7-12(15)10(8-11)9-14/h9-11H,6-8H2,1-5H3/t10-,11+/m1/s1. The summed E-state index contributed by atoms with van der Waals surface area (Å²) < 4.78 is 6.25. The van der Waals surface area contributed by atoms with Gasteiger partial charge in [0.15, 0.2) is 8.32 Å². The van der Waals surface area contributed by atoms with Gasteiger partial charge < -0.3 is 9.22 Å². The van der Waals surface area contributed by atoms with Crippen molar-refractivity contribution in [3.05, 3.63) is 0 Å². The number of aldehydes is 1. The molecule has 1 rings (SSSR count). The highest BCUT2D eigenvalue weighted by atomic mass is 28.4. The molecule has 0 aromatic heterocycles. The molecular formula is C13H24O3Si. The van der Waals surface area contributed by atoms with Crippen LogP contribution in [0.1, 0.15) is 40.0 Å². The van der Waals surface area contributed by atoms with E-state index in [1.165, 1.54) is 0 Å². The Hall–Kier alpha value is -0.483. The molecule has 1 saturated carbocycles. The lowest BCUT2D eigenvalue weighted by atomic mass is 9.87. The second kappa shape index (κ2) is 5.02. The number of Topliss-reactive ketones (excluding diaryl/α,β-unsaturated/α-hetero) is 1. The second-order valence-electron chi connectivity index (χ2n) is 6.48. The fraction of sp³-hybridized carbons (Fsp3) is 0.846. The van der Waals surface area contributed by atoms with E-state index < -0.39 is 14.2 Å². The van der Waals surface area contributed by atoms with Crippen molar-refractivity contribution in [1.82, 2.24) is 0 Å². The van der Waals surface area contributed by atoms with Crippen LogP contribution in [0.3, 0.4) is 0 Å². The molecule has 1 aliphatic rings. The average Bonchev–Trinajstić information content (AvgIpc) is 2.19. The first-order valence-electron chi connectivity index (χ1n) is 6.33. The van der Waals surface area contributed by atoms with Gasteiger partial charge in [-0.2, -0.15) is 0 Å². The van der Waals surface area contributed by atoms with Crippen LogP contribution in [0, 0.1) is 5.92 Å². The van der Waals surface area contributed by atoms with Crippen molar-refractivity contribution < 1.29 is 14.0 Å². The Balaban J connectivity index is 2.65. The van der Waals surface area contributed by atoms with Gasteiger partial charge in [0.25, 0.3) is 0 Å². The van der Waals surface area contributed by atoms with E-state index >= 15 is 0 Å². The van der Waals surface area contributed by atoms with Gasteiger partial charge in [-0.25, -0.2) is 0 Å². The smallest absolute Gasteiger partial charge is 0.192 e. The minimum absolute atomic E-state index is 0.0788. The predicted octanol–water partition coefficient (Wildman–Crippen LogP) is 2.94. The Morgan fingerprint density at radius 2 is 1.94 bits per heavy atom. The van der Waals surface area contributed by atoms with E-state index in [1.807, 2.05) is 0 Å². The van der Waals surface area contributed by atoms with E-state index in [-0.39, 0.29) is 16.9 Å². The molecule has 0 amide bonds. The molecule has 1 aliphatic carbocycles. The SMILES string of the molecule is CC(C)(C)[Si](C)(C)O[C@H]1CCC(=O)[C@@H](C=O)C1. The highest BCUT2D eigenvalue weighted by Crippen LogP contribution is 2.39. The third-order valence-electron chi connectivity index (χ3n) is 4.07. The Kier molecular flexibility index (Phi) is 4.31. The summed E-state index contributed by atoms with van der Waals surface area (Å²) >= 11 is 0. The number of hydrogen-bond donors (Lipinski definition) is 0. The first kappa shape index (κ1) is 14.6. The van der Waals surface area contributed by atoms with Crippen molar-refractivity contribution >= 4 is 20.4 Å². The molecule has 0 aliphatic heterocycles. The highest BCUT2D eigenvalue weighted by molar-refractivity contribution is 6.74. The maximum Gasteiger partial charge on any atom is 0.192 e. The van der Waals surface area contributed by atoms with Crippen LogP contribution in [0.4, 0.5) is 0 Å². The topological polar surface area (TPSA) is 43.4 Å². The Labute approximate surface area is 105 Å². The molecule has 0 heterocycles. The van der Waals surface area contributed by atoms with E-state index in [0.717, 1.165) is 12.7 Å². The Morgan fingerprint density at radius 1 is 1.35 bits per heavy atom. The molecule has 0 aromatic rings. The normalized spacial score (nSPS) is 27.0. The minimum atomic E-state index is -1.78. The maximum atomic E-state index is 11.5. The molecule has 17 heavy (non-hydrogen) atoms. The monoisotopic (exact) mass is 256 g/mol. The first-order chi connectivity index (χ1) is 7.67. The second-order valence-corrected chi connectivity index (χ2v) is 11.2. The van der Waals surface area contributed by atoms with Crippen LogP contribution in [0.25, 0.3) is 0 Å². The van der Waals surface area contributed by atoms with Crippen LogP contribution in [0.5, 0.6) is 0 Å².